The summed E-state index contributed by atoms with van der Waals surface area (Å²) < 4.78 is 14.9. The van der Waals surface area contributed by atoms with Crippen LogP contribution in [0.2, 0.25) is 0 Å². The molecule has 1 heterocycles. The molecule has 0 saturated carbocycles. The number of nitrogens with zero attached hydrogens (tertiary/aromatic N) is 2. The normalized spacial score (nSPS) is 10.2. The second-order valence-corrected chi connectivity index (χ2v) is 4.81. The number of rotatable bonds is 2. The van der Waals surface area contributed by atoms with Crippen LogP contribution in [0.15, 0.2) is 39.5 Å². The van der Waals surface area contributed by atoms with Gasteiger partial charge in [-0.15, -0.1) is 0 Å². The van der Waals surface area contributed by atoms with Crippen molar-refractivity contribution in [3.63, 3.8) is 0 Å². The van der Waals surface area contributed by atoms with Crippen molar-refractivity contribution in [3.8, 4) is 0 Å². The predicted octanol–water partition coefficient (Wildman–Crippen LogP) is 3.88. The van der Waals surface area contributed by atoms with Crippen molar-refractivity contribution in [2.45, 2.75) is 0 Å². The average molecular weight is 347 g/mol. The smallest absolute Gasteiger partial charge is 0.227 e. The summed E-state index contributed by atoms with van der Waals surface area (Å²) in [6, 6.07) is 4.73. The molecular formula is C10H6Br2FN3. The highest BCUT2D eigenvalue weighted by Crippen LogP contribution is 2.21. The average Bonchev–Trinajstić information content (AvgIpc) is 2.25. The zero-order chi connectivity index (χ0) is 11.5. The van der Waals surface area contributed by atoms with Crippen LogP contribution in [0, 0.1) is 5.82 Å². The third kappa shape index (κ3) is 2.76. The molecule has 0 saturated heterocycles. The summed E-state index contributed by atoms with van der Waals surface area (Å²) in [6.07, 6.45) is 3.18. The molecule has 16 heavy (non-hydrogen) atoms. The summed E-state index contributed by atoms with van der Waals surface area (Å²) in [5, 5.41) is 2.79. The fourth-order valence-corrected chi connectivity index (χ4v) is 1.63. The lowest BCUT2D eigenvalue weighted by Gasteiger charge is -2.05. The minimum atomic E-state index is -0.360. The summed E-state index contributed by atoms with van der Waals surface area (Å²) in [4.78, 5) is 7.98. The SMILES string of the molecule is Fc1cc(Br)ccc1Nc1ncc(Br)cn1. The van der Waals surface area contributed by atoms with E-state index in [-0.39, 0.29) is 5.82 Å². The standard InChI is InChI=1S/C10H6Br2FN3/c11-6-1-2-9(8(13)3-6)16-10-14-4-7(12)5-15-10/h1-5H,(H,14,15,16). The molecule has 0 bridgehead atoms. The van der Waals surface area contributed by atoms with Gasteiger partial charge in [0.1, 0.15) is 5.82 Å². The Balaban J connectivity index is 2.23. The van der Waals surface area contributed by atoms with Crippen LogP contribution in [0.1, 0.15) is 0 Å². The zero-order valence-corrected chi connectivity index (χ0v) is 11.1. The van der Waals surface area contributed by atoms with Gasteiger partial charge in [-0.25, -0.2) is 14.4 Å². The van der Waals surface area contributed by atoms with Crippen LogP contribution in [0.5, 0.6) is 0 Å². The molecule has 3 nitrogen and oxygen atoms in total. The van der Waals surface area contributed by atoms with Crippen LogP contribution in [0.4, 0.5) is 16.0 Å². The van der Waals surface area contributed by atoms with E-state index in [9.17, 15) is 4.39 Å². The minimum Gasteiger partial charge on any atom is -0.322 e. The zero-order valence-electron chi connectivity index (χ0n) is 7.92. The topological polar surface area (TPSA) is 37.8 Å². The van der Waals surface area contributed by atoms with Gasteiger partial charge < -0.3 is 5.32 Å². The second kappa shape index (κ2) is 4.88. The van der Waals surface area contributed by atoms with Crippen molar-refractivity contribution in [3.05, 3.63) is 45.4 Å². The number of aromatic nitrogens is 2. The van der Waals surface area contributed by atoms with Gasteiger partial charge in [-0.2, -0.15) is 0 Å². The van der Waals surface area contributed by atoms with Gasteiger partial charge >= 0.3 is 0 Å². The highest BCUT2D eigenvalue weighted by molar-refractivity contribution is 9.10. The molecule has 0 spiro atoms. The van der Waals surface area contributed by atoms with Crippen LogP contribution in [0.3, 0.4) is 0 Å². The first kappa shape index (κ1) is 11.5. The van der Waals surface area contributed by atoms with E-state index in [0.717, 1.165) is 4.47 Å². The van der Waals surface area contributed by atoms with Gasteiger partial charge in [-0.1, -0.05) is 15.9 Å². The summed E-state index contributed by atoms with van der Waals surface area (Å²) in [7, 11) is 0. The van der Waals surface area contributed by atoms with Gasteiger partial charge in [-0.05, 0) is 34.1 Å². The van der Waals surface area contributed by atoms with E-state index in [0.29, 0.717) is 16.1 Å². The van der Waals surface area contributed by atoms with Crippen molar-refractivity contribution in [1.82, 2.24) is 9.97 Å². The van der Waals surface area contributed by atoms with Crippen molar-refractivity contribution in [2.75, 3.05) is 5.32 Å². The Labute approximate surface area is 108 Å². The maximum Gasteiger partial charge on any atom is 0.227 e. The molecule has 0 radical (unpaired) electrons. The van der Waals surface area contributed by atoms with Crippen LogP contribution in [-0.2, 0) is 0 Å². The third-order valence-corrected chi connectivity index (χ3v) is 2.70. The largest absolute Gasteiger partial charge is 0.322 e. The number of hydrogen-bond donors (Lipinski definition) is 1. The van der Waals surface area contributed by atoms with Gasteiger partial charge in [0.15, 0.2) is 0 Å². The fraction of sp³-hybridized carbons (Fsp3) is 0. The fourth-order valence-electron chi connectivity index (χ4n) is 1.09. The number of nitrogens with one attached hydrogen (secondary N) is 1. The molecule has 0 atom stereocenters. The summed E-state index contributed by atoms with van der Waals surface area (Å²) in [6.45, 7) is 0. The number of anilines is 2. The third-order valence-electron chi connectivity index (χ3n) is 1.80. The molecule has 1 aromatic heterocycles. The minimum absolute atomic E-state index is 0.338. The molecule has 6 heteroatoms. The van der Waals surface area contributed by atoms with Gasteiger partial charge in [0.25, 0.3) is 0 Å². The first-order valence-electron chi connectivity index (χ1n) is 4.35. The van der Waals surface area contributed by atoms with Crippen LogP contribution in [0.25, 0.3) is 0 Å². The van der Waals surface area contributed by atoms with E-state index in [1.54, 1.807) is 24.5 Å². The molecule has 0 amide bonds. The molecule has 0 aliphatic carbocycles. The van der Waals surface area contributed by atoms with Crippen LogP contribution < -0.4 is 5.32 Å². The van der Waals surface area contributed by atoms with Gasteiger partial charge in [0, 0.05) is 16.9 Å². The molecule has 2 rings (SSSR count). The quantitative estimate of drug-likeness (QED) is 0.896. The molecule has 1 aromatic carbocycles. The molecule has 2 aromatic rings. The van der Waals surface area contributed by atoms with Gasteiger partial charge in [0.2, 0.25) is 5.95 Å². The van der Waals surface area contributed by atoms with E-state index in [1.807, 2.05) is 0 Å². The number of benzene rings is 1. The Morgan fingerprint density at radius 3 is 2.38 bits per heavy atom. The summed E-state index contributed by atoms with van der Waals surface area (Å²) >= 11 is 6.41. The van der Waals surface area contributed by atoms with Gasteiger partial charge in [-0.3, -0.25) is 0 Å². The lowest BCUT2D eigenvalue weighted by atomic mass is 10.3. The summed E-state index contributed by atoms with van der Waals surface area (Å²) in [5.74, 6) is -0.00897. The Bertz CT molecular complexity index is 502. The van der Waals surface area contributed by atoms with E-state index >= 15 is 0 Å². The van der Waals surface area contributed by atoms with Crippen LogP contribution >= 0.6 is 31.9 Å². The summed E-state index contributed by atoms with van der Waals surface area (Å²) in [5.41, 5.74) is 0.338. The number of halogens is 3. The Morgan fingerprint density at radius 1 is 1.06 bits per heavy atom. The highest BCUT2D eigenvalue weighted by atomic mass is 79.9. The maximum absolute atomic E-state index is 13.5. The van der Waals surface area contributed by atoms with Crippen molar-refractivity contribution in [1.29, 1.82) is 0 Å². The van der Waals surface area contributed by atoms with E-state index in [1.165, 1.54) is 6.07 Å². The molecule has 82 valence electrons. The molecular weight excluding hydrogens is 341 g/mol. The molecule has 0 fully saturated rings. The first-order valence-corrected chi connectivity index (χ1v) is 5.93. The van der Waals surface area contributed by atoms with E-state index in [4.69, 9.17) is 0 Å². The van der Waals surface area contributed by atoms with E-state index < -0.39 is 0 Å². The van der Waals surface area contributed by atoms with Gasteiger partial charge in [0.05, 0.1) is 10.2 Å². The van der Waals surface area contributed by atoms with Crippen molar-refractivity contribution >= 4 is 43.5 Å². The molecule has 0 unspecified atom stereocenters. The molecule has 0 aliphatic heterocycles. The number of hydrogen-bond acceptors (Lipinski definition) is 3. The molecule has 1 N–H and O–H groups in total. The second-order valence-electron chi connectivity index (χ2n) is 2.97. The maximum atomic E-state index is 13.5. The van der Waals surface area contributed by atoms with Crippen LogP contribution in [-0.4, -0.2) is 9.97 Å². The monoisotopic (exact) mass is 345 g/mol. The Kier molecular flexibility index (Phi) is 3.50. The molecule has 0 aliphatic rings. The lowest BCUT2D eigenvalue weighted by Crippen LogP contribution is -1.98. The lowest BCUT2D eigenvalue weighted by molar-refractivity contribution is 0.631. The Hall–Kier alpha value is -1.01. The van der Waals surface area contributed by atoms with Crippen molar-refractivity contribution in [2.24, 2.45) is 0 Å². The van der Waals surface area contributed by atoms with Crippen molar-refractivity contribution < 1.29 is 4.39 Å². The Morgan fingerprint density at radius 2 is 1.75 bits per heavy atom. The predicted molar refractivity (Wildman–Crippen MR) is 67.1 cm³/mol. The highest BCUT2D eigenvalue weighted by Gasteiger charge is 2.04. The first-order chi connectivity index (χ1) is 7.65. The van der Waals surface area contributed by atoms with E-state index in [2.05, 4.69) is 47.1 Å².